The lowest BCUT2D eigenvalue weighted by Crippen LogP contribution is -2.54. The molecule has 1 aromatic carbocycles. The van der Waals surface area contributed by atoms with Crippen LogP contribution in [0, 0.1) is 0 Å². The lowest BCUT2D eigenvalue weighted by atomic mass is 9.76. The van der Waals surface area contributed by atoms with Crippen molar-refractivity contribution in [2.75, 3.05) is 20.1 Å². The van der Waals surface area contributed by atoms with Crippen molar-refractivity contribution < 1.29 is 18.6 Å². The third-order valence-electron chi connectivity index (χ3n) is 6.76. The molecule has 0 radical (unpaired) electrons. The number of nitrogens with zero attached hydrogens (tertiary/aromatic N) is 2. The van der Waals surface area contributed by atoms with Crippen molar-refractivity contribution in [3.05, 3.63) is 36.0 Å². The van der Waals surface area contributed by atoms with E-state index in [-0.39, 0.29) is 22.0 Å². The molecule has 0 saturated carbocycles. The highest BCUT2D eigenvalue weighted by Crippen LogP contribution is 2.46. The number of allylic oxidation sites excluding steroid dienone is 1. The summed E-state index contributed by atoms with van der Waals surface area (Å²) in [5.41, 5.74) is 8.91. The Bertz CT molecular complexity index is 773. The molecular formula is C23H37N3O2+2. The maximum absolute atomic E-state index is 13.0. The van der Waals surface area contributed by atoms with Crippen molar-refractivity contribution in [2.45, 2.75) is 64.8 Å². The Morgan fingerprint density at radius 2 is 2.11 bits per heavy atom. The molecule has 3 atom stereocenters. The molecule has 2 N–H and O–H groups in total. The summed E-state index contributed by atoms with van der Waals surface area (Å²) in [5.74, 6) is 0.553. The van der Waals surface area contributed by atoms with Gasteiger partial charge in [-0.25, -0.2) is 4.58 Å². The summed E-state index contributed by atoms with van der Waals surface area (Å²) in [5, 5.41) is 0. The van der Waals surface area contributed by atoms with Crippen molar-refractivity contribution in [3.63, 3.8) is 0 Å². The van der Waals surface area contributed by atoms with Crippen LogP contribution in [0.5, 0.6) is 5.75 Å². The van der Waals surface area contributed by atoms with E-state index in [4.69, 9.17) is 10.5 Å². The zero-order valence-electron chi connectivity index (χ0n) is 18.3. The number of rotatable bonds is 8. The minimum absolute atomic E-state index is 0.0665. The van der Waals surface area contributed by atoms with Crippen molar-refractivity contribution in [2.24, 2.45) is 5.73 Å². The van der Waals surface area contributed by atoms with Gasteiger partial charge >= 0.3 is 6.09 Å². The van der Waals surface area contributed by atoms with Gasteiger partial charge in [-0.1, -0.05) is 13.8 Å². The molecule has 0 fully saturated rings. The minimum Gasteiger partial charge on any atom is -0.380 e. The maximum Gasteiger partial charge on any atom is 0.526 e. The highest BCUT2D eigenvalue weighted by Gasteiger charge is 2.46. The molecule has 5 nitrogen and oxygen atoms in total. The number of quaternary nitrogens is 1. The number of carbonyl (C=O) groups is 1. The molecule has 0 saturated heterocycles. The summed E-state index contributed by atoms with van der Waals surface area (Å²) in [4.78, 5) is 13.0. The number of benzene rings is 1. The molecule has 5 heteroatoms. The van der Waals surface area contributed by atoms with Gasteiger partial charge in [-0.05, 0) is 57.9 Å². The molecule has 154 valence electrons. The summed E-state index contributed by atoms with van der Waals surface area (Å²) < 4.78 is 7.91. The summed E-state index contributed by atoms with van der Waals surface area (Å²) in [6.45, 7) is 18.0. The van der Waals surface area contributed by atoms with Gasteiger partial charge in [0.15, 0.2) is 6.54 Å². The first-order valence-corrected chi connectivity index (χ1v) is 10.3. The van der Waals surface area contributed by atoms with E-state index in [9.17, 15) is 4.79 Å². The zero-order chi connectivity index (χ0) is 21.1. The van der Waals surface area contributed by atoms with E-state index in [0.717, 1.165) is 43.6 Å². The first-order valence-electron chi connectivity index (χ1n) is 10.3. The second-order valence-corrected chi connectivity index (χ2v) is 8.34. The Hall–Kier alpha value is -1.98. The molecule has 1 aromatic rings. The molecule has 1 aliphatic heterocycles. The average molecular weight is 388 g/mol. The van der Waals surface area contributed by atoms with E-state index in [1.807, 2.05) is 37.6 Å². The van der Waals surface area contributed by atoms with Gasteiger partial charge < -0.3 is 10.5 Å². The largest absolute Gasteiger partial charge is 0.526 e. The van der Waals surface area contributed by atoms with E-state index in [1.54, 1.807) is 0 Å². The molecule has 0 aromatic heterocycles. The van der Waals surface area contributed by atoms with Gasteiger partial charge in [0, 0.05) is 12.5 Å². The van der Waals surface area contributed by atoms with Gasteiger partial charge in [-0.3, -0.25) is 0 Å². The normalized spacial score (nSPS) is 21.7. The predicted molar refractivity (Wildman–Crippen MR) is 115 cm³/mol. The Morgan fingerprint density at radius 3 is 2.64 bits per heavy atom. The fourth-order valence-corrected chi connectivity index (χ4v) is 4.23. The van der Waals surface area contributed by atoms with Gasteiger partial charge in [0.1, 0.15) is 24.2 Å². The third kappa shape index (κ3) is 3.78. The highest BCUT2D eigenvalue weighted by atomic mass is 16.6. The molecular weight excluding hydrogens is 350 g/mol. The molecule has 1 aliphatic rings. The molecule has 0 aliphatic carbocycles. The lowest BCUT2D eigenvalue weighted by molar-refractivity contribution is -0.822. The molecule has 0 spiro atoms. The van der Waals surface area contributed by atoms with Gasteiger partial charge in [0.05, 0.1) is 18.5 Å². The van der Waals surface area contributed by atoms with Crippen LogP contribution in [0.4, 0.5) is 10.5 Å². The lowest BCUT2D eigenvalue weighted by Gasteiger charge is -2.34. The molecule has 1 amide bonds. The van der Waals surface area contributed by atoms with Crippen molar-refractivity contribution in [1.29, 1.82) is 0 Å². The van der Waals surface area contributed by atoms with Crippen LogP contribution in [-0.2, 0) is 5.41 Å². The first kappa shape index (κ1) is 22.3. The topological polar surface area (TPSA) is 55.3 Å². The van der Waals surface area contributed by atoms with Crippen LogP contribution in [0.2, 0.25) is 0 Å². The monoisotopic (exact) mass is 387 g/mol. The van der Waals surface area contributed by atoms with E-state index in [0.29, 0.717) is 12.3 Å². The average Bonchev–Trinajstić information content (AvgIpc) is 2.96. The van der Waals surface area contributed by atoms with Crippen LogP contribution >= 0.6 is 0 Å². The van der Waals surface area contributed by atoms with Crippen molar-refractivity contribution in [1.82, 2.24) is 0 Å². The quantitative estimate of drug-likeness (QED) is 0.519. The number of carbonyl (C=O) groups excluding carboxylic acids is 1. The molecule has 1 heterocycles. The summed E-state index contributed by atoms with van der Waals surface area (Å²) in [6, 6.07) is 6.03. The summed E-state index contributed by atoms with van der Waals surface area (Å²) in [7, 11) is 1.87. The standard InChI is InChI=1S/C23H37N3O2/c1-8-18(5)26(7,17(3)4)22(27)28-19-11-12-20-21(15-19)25(6)16-23(20,9-2)13-10-14-24/h11-12,15,18H,3,6,8-10,13-14,16,24H2,1-2,4-5,7H3/q+2. The SMILES string of the molecule is C=C(C)[N+](C)(C(=O)Oc1ccc2c(c1)[N+](=C)CC2(CC)CCCN)C(C)CC. The van der Waals surface area contributed by atoms with Gasteiger partial charge in [-0.2, -0.15) is 9.28 Å². The molecule has 3 unspecified atom stereocenters. The van der Waals surface area contributed by atoms with E-state index >= 15 is 0 Å². The predicted octanol–water partition coefficient (Wildman–Crippen LogP) is 4.71. The van der Waals surface area contributed by atoms with Crippen LogP contribution in [0.15, 0.2) is 30.5 Å². The van der Waals surface area contributed by atoms with Crippen LogP contribution in [0.3, 0.4) is 0 Å². The smallest absolute Gasteiger partial charge is 0.380 e. The van der Waals surface area contributed by atoms with E-state index in [2.05, 4.69) is 33.2 Å². The zero-order valence-corrected chi connectivity index (χ0v) is 18.3. The second-order valence-electron chi connectivity index (χ2n) is 8.34. The highest BCUT2D eigenvalue weighted by molar-refractivity contribution is 5.66. The van der Waals surface area contributed by atoms with Crippen molar-refractivity contribution in [3.8, 4) is 5.75 Å². The third-order valence-corrected chi connectivity index (χ3v) is 6.76. The first-order chi connectivity index (χ1) is 13.2. The Balaban J connectivity index is 2.34. The fraction of sp³-hybridized carbons (Fsp3) is 0.565. The Morgan fingerprint density at radius 1 is 1.43 bits per heavy atom. The Labute approximate surface area is 170 Å². The van der Waals surface area contributed by atoms with E-state index in [1.165, 1.54) is 5.56 Å². The van der Waals surface area contributed by atoms with Crippen molar-refractivity contribution >= 4 is 18.5 Å². The summed E-state index contributed by atoms with van der Waals surface area (Å²) in [6.07, 6.45) is 3.61. The molecule has 2 rings (SSSR count). The van der Waals surface area contributed by atoms with Crippen LogP contribution < -0.4 is 10.5 Å². The molecule has 0 bridgehead atoms. The van der Waals surface area contributed by atoms with Gasteiger partial charge in [-0.15, -0.1) is 0 Å². The van der Waals surface area contributed by atoms with Crippen LogP contribution in [0.1, 0.15) is 58.9 Å². The van der Waals surface area contributed by atoms with Gasteiger partial charge in [0.25, 0.3) is 0 Å². The van der Waals surface area contributed by atoms with Crippen LogP contribution in [0.25, 0.3) is 0 Å². The Kier molecular flexibility index (Phi) is 6.84. The number of hydrogen-bond acceptors (Lipinski definition) is 3. The minimum atomic E-state index is -0.305. The fourth-order valence-electron chi connectivity index (χ4n) is 4.23. The number of hydrogen-bond donors (Lipinski definition) is 1. The summed E-state index contributed by atoms with van der Waals surface area (Å²) >= 11 is 0. The van der Waals surface area contributed by atoms with Crippen LogP contribution in [-0.4, -0.2) is 48.0 Å². The number of ether oxygens (including phenoxy) is 1. The number of fused-ring (bicyclic) bond motifs is 1. The van der Waals surface area contributed by atoms with E-state index < -0.39 is 0 Å². The van der Waals surface area contributed by atoms with Gasteiger partial charge in [0.2, 0.25) is 5.69 Å². The maximum atomic E-state index is 13.0. The second kappa shape index (κ2) is 8.58. The number of amides is 1. The number of nitrogens with two attached hydrogens (primary N) is 1. The molecule has 28 heavy (non-hydrogen) atoms.